The number of benzene rings is 1. The van der Waals surface area contributed by atoms with E-state index in [4.69, 9.17) is 9.84 Å². The highest BCUT2D eigenvalue weighted by Gasteiger charge is 2.11. The Morgan fingerprint density at radius 1 is 1.28 bits per heavy atom. The largest absolute Gasteiger partial charge is 0.506 e. The third-order valence-electron chi connectivity index (χ3n) is 2.97. The van der Waals surface area contributed by atoms with Gasteiger partial charge in [0.15, 0.2) is 0 Å². The lowest BCUT2D eigenvalue weighted by Crippen LogP contribution is -2.01. The van der Waals surface area contributed by atoms with Crippen molar-refractivity contribution in [1.29, 1.82) is 0 Å². The molecule has 1 aromatic carbocycles. The topological polar surface area (TPSA) is 54.4 Å². The van der Waals surface area contributed by atoms with E-state index < -0.39 is 0 Å². The van der Waals surface area contributed by atoms with Crippen molar-refractivity contribution in [3.63, 3.8) is 0 Å². The summed E-state index contributed by atoms with van der Waals surface area (Å²) in [6.45, 7) is 1.41. The summed E-state index contributed by atoms with van der Waals surface area (Å²) in [5, 5.41) is 12.5. The Morgan fingerprint density at radius 2 is 2.22 bits per heavy atom. The standard InChI is InChI=1S/C14H14N2O2/c17-13-3-1-12(16-9-13)8-15-11-2-4-14-10(7-11)5-6-18-14/h1-4,7,9,15,17H,5-6,8H2. The summed E-state index contributed by atoms with van der Waals surface area (Å²) in [4.78, 5) is 4.13. The van der Waals surface area contributed by atoms with E-state index in [1.165, 1.54) is 11.8 Å². The van der Waals surface area contributed by atoms with Crippen LogP contribution in [-0.2, 0) is 13.0 Å². The van der Waals surface area contributed by atoms with Crippen LogP contribution in [0.25, 0.3) is 0 Å². The lowest BCUT2D eigenvalue weighted by atomic mass is 10.1. The first-order valence-electron chi connectivity index (χ1n) is 5.95. The molecule has 0 atom stereocenters. The molecule has 0 saturated heterocycles. The second-order valence-corrected chi connectivity index (χ2v) is 4.28. The molecule has 4 nitrogen and oxygen atoms in total. The van der Waals surface area contributed by atoms with Gasteiger partial charge in [-0.15, -0.1) is 0 Å². The van der Waals surface area contributed by atoms with Crippen LogP contribution in [0.5, 0.6) is 11.5 Å². The van der Waals surface area contributed by atoms with Gasteiger partial charge in [0, 0.05) is 12.1 Å². The number of nitrogens with zero attached hydrogens (tertiary/aromatic N) is 1. The summed E-state index contributed by atoms with van der Waals surface area (Å²) >= 11 is 0. The van der Waals surface area contributed by atoms with Gasteiger partial charge in [-0.05, 0) is 35.9 Å². The number of rotatable bonds is 3. The van der Waals surface area contributed by atoms with E-state index in [1.54, 1.807) is 12.1 Å². The van der Waals surface area contributed by atoms with Gasteiger partial charge in [0.1, 0.15) is 11.5 Å². The van der Waals surface area contributed by atoms with Crippen molar-refractivity contribution in [2.45, 2.75) is 13.0 Å². The normalized spacial score (nSPS) is 12.9. The molecule has 1 aliphatic heterocycles. The Hall–Kier alpha value is -2.23. The molecule has 0 aliphatic carbocycles. The Bertz CT molecular complexity index is 552. The van der Waals surface area contributed by atoms with Crippen LogP contribution >= 0.6 is 0 Å². The van der Waals surface area contributed by atoms with Gasteiger partial charge in [0.2, 0.25) is 0 Å². The SMILES string of the molecule is Oc1ccc(CNc2ccc3c(c2)CCO3)nc1. The third kappa shape index (κ3) is 2.22. The lowest BCUT2D eigenvalue weighted by Gasteiger charge is -2.07. The van der Waals surface area contributed by atoms with E-state index in [1.807, 2.05) is 12.1 Å². The molecular formula is C14H14N2O2. The zero-order valence-corrected chi connectivity index (χ0v) is 9.89. The summed E-state index contributed by atoms with van der Waals surface area (Å²) in [6, 6.07) is 9.56. The van der Waals surface area contributed by atoms with E-state index in [9.17, 15) is 0 Å². The molecule has 0 bridgehead atoms. The molecule has 4 heteroatoms. The molecule has 1 aromatic heterocycles. The van der Waals surface area contributed by atoms with Gasteiger partial charge in [-0.25, -0.2) is 0 Å². The van der Waals surface area contributed by atoms with Crippen LogP contribution in [0.15, 0.2) is 36.5 Å². The molecule has 0 fully saturated rings. The van der Waals surface area contributed by atoms with Crippen molar-refractivity contribution in [2.24, 2.45) is 0 Å². The first-order valence-corrected chi connectivity index (χ1v) is 5.95. The second-order valence-electron chi connectivity index (χ2n) is 4.28. The summed E-state index contributed by atoms with van der Waals surface area (Å²) in [7, 11) is 0. The van der Waals surface area contributed by atoms with Gasteiger partial charge in [-0.3, -0.25) is 4.98 Å². The zero-order valence-electron chi connectivity index (χ0n) is 9.89. The molecule has 0 saturated carbocycles. The Morgan fingerprint density at radius 3 is 3.06 bits per heavy atom. The van der Waals surface area contributed by atoms with Crippen LogP contribution < -0.4 is 10.1 Å². The average molecular weight is 242 g/mol. The first kappa shape index (κ1) is 10.9. The average Bonchev–Trinajstić information content (AvgIpc) is 2.85. The monoisotopic (exact) mass is 242 g/mol. The predicted molar refractivity (Wildman–Crippen MR) is 68.9 cm³/mol. The highest BCUT2D eigenvalue weighted by atomic mass is 16.5. The number of nitrogens with one attached hydrogen (secondary N) is 1. The predicted octanol–water partition coefficient (Wildman–Crippen LogP) is 2.33. The van der Waals surface area contributed by atoms with Crippen molar-refractivity contribution in [3.05, 3.63) is 47.8 Å². The number of pyridine rings is 1. The fraction of sp³-hybridized carbons (Fsp3) is 0.214. The molecule has 2 N–H and O–H groups in total. The van der Waals surface area contributed by atoms with Crippen LogP contribution in [0, 0.1) is 0 Å². The van der Waals surface area contributed by atoms with Crippen molar-refractivity contribution >= 4 is 5.69 Å². The molecule has 18 heavy (non-hydrogen) atoms. The van der Waals surface area contributed by atoms with Gasteiger partial charge >= 0.3 is 0 Å². The lowest BCUT2D eigenvalue weighted by molar-refractivity contribution is 0.357. The summed E-state index contributed by atoms with van der Waals surface area (Å²) in [5.41, 5.74) is 3.21. The molecule has 0 spiro atoms. The number of anilines is 1. The maximum absolute atomic E-state index is 9.15. The second kappa shape index (κ2) is 4.56. The fourth-order valence-corrected chi connectivity index (χ4v) is 2.01. The Balaban J connectivity index is 1.68. The van der Waals surface area contributed by atoms with Crippen LogP contribution in [0.4, 0.5) is 5.69 Å². The highest BCUT2D eigenvalue weighted by molar-refractivity contribution is 5.52. The molecule has 0 radical (unpaired) electrons. The number of hydrogen-bond acceptors (Lipinski definition) is 4. The summed E-state index contributed by atoms with van der Waals surface area (Å²) in [6.07, 6.45) is 2.43. The van der Waals surface area contributed by atoms with Crippen molar-refractivity contribution in [3.8, 4) is 11.5 Å². The van der Waals surface area contributed by atoms with Crippen molar-refractivity contribution in [1.82, 2.24) is 4.98 Å². The van der Waals surface area contributed by atoms with Gasteiger partial charge in [-0.1, -0.05) is 0 Å². The quantitative estimate of drug-likeness (QED) is 0.867. The van der Waals surface area contributed by atoms with E-state index in [0.717, 1.165) is 30.2 Å². The molecular weight excluding hydrogens is 228 g/mol. The summed E-state index contributed by atoms with van der Waals surface area (Å²) < 4.78 is 5.46. The highest BCUT2D eigenvalue weighted by Crippen LogP contribution is 2.27. The maximum Gasteiger partial charge on any atom is 0.133 e. The molecule has 3 rings (SSSR count). The minimum Gasteiger partial charge on any atom is -0.506 e. The molecule has 2 heterocycles. The van der Waals surface area contributed by atoms with E-state index in [2.05, 4.69) is 16.4 Å². The van der Waals surface area contributed by atoms with E-state index in [0.29, 0.717) is 6.54 Å². The van der Waals surface area contributed by atoms with Gasteiger partial charge in [0.25, 0.3) is 0 Å². The third-order valence-corrected chi connectivity index (χ3v) is 2.97. The van der Waals surface area contributed by atoms with Gasteiger partial charge < -0.3 is 15.2 Å². The number of hydrogen-bond donors (Lipinski definition) is 2. The number of ether oxygens (including phenoxy) is 1. The minimum atomic E-state index is 0.188. The van der Waals surface area contributed by atoms with Crippen LogP contribution in [0.1, 0.15) is 11.3 Å². The number of aromatic hydroxyl groups is 1. The van der Waals surface area contributed by atoms with Crippen molar-refractivity contribution < 1.29 is 9.84 Å². The molecule has 92 valence electrons. The first-order chi connectivity index (χ1) is 8.81. The molecule has 1 aliphatic rings. The molecule has 2 aromatic rings. The Labute approximate surface area is 105 Å². The fourth-order valence-electron chi connectivity index (χ4n) is 2.01. The molecule has 0 unspecified atom stereocenters. The summed E-state index contributed by atoms with van der Waals surface area (Å²) in [5.74, 6) is 1.18. The van der Waals surface area contributed by atoms with Gasteiger partial charge in [-0.2, -0.15) is 0 Å². The minimum absolute atomic E-state index is 0.188. The number of fused-ring (bicyclic) bond motifs is 1. The zero-order chi connectivity index (χ0) is 12.4. The van der Waals surface area contributed by atoms with E-state index in [-0.39, 0.29) is 5.75 Å². The Kier molecular flexibility index (Phi) is 2.76. The van der Waals surface area contributed by atoms with Crippen LogP contribution in [0.2, 0.25) is 0 Å². The maximum atomic E-state index is 9.15. The van der Waals surface area contributed by atoms with Crippen LogP contribution in [-0.4, -0.2) is 16.7 Å². The van der Waals surface area contributed by atoms with Gasteiger partial charge in [0.05, 0.1) is 25.0 Å². The van der Waals surface area contributed by atoms with Crippen LogP contribution in [0.3, 0.4) is 0 Å². The smallest absolute Gasteiger partial charge is 0.133 e. The molecule has 0 amide bonds. The number of aromatic nitrogens is 1. The van der Waals surface area contributed by atoms with E-state index >= 15 is 0 Å². The van der Waals surface area contributed by atoms with Crippen molar-refractivity contribution in [2.75, 3.05) is 11.9 Å².